The zero-order valence-corrected chi connectivity index (χ0v) is 7.12. The molecule has 1 N–H and O–H groups in total. The van der Waals surface area contributed by atoms with Crippen molar-refractivity contribution in [2.45, 2.75) is 19.4 Å². The molecule has 2 nitrogen and oxygen atoms in total. The van der Waals surface area contributed by atoms with Crippen LogP contribution in [0.5, 0.6) is 0 Å². The third kappa shape index (κ3) is 2.09. The van der Waals surface area contributed by atoms with Crippen LogP contribution in [-0.2, 0) is 0 Å². The molecule has 1 rings (SSSR count). The van der Waals surface area contributed by atoms with E-state index in [2.05, 4.69) is 4.90 Å². The highest BCUT2D eigenvalue weighted by Gasteiger charge is 2.10. The van der Waals surface area contributed by atoms with E-state index in [4.69, 9.17) is 0 Å². The lowest BCUT2D eigenvalue weighted by atomic mass is 10.1. The van der Waals surface area contributed by atoms with Gasteiger partial charge in [-0.3, -0.25) is 0 Å². The number of nitrogens with zero attached hydrogens (tertiary/aromatic N) is 1. The molecule has 1 aliphatic rings. The summed E-state index contributed by atoms with van der Waals surface area (Å²) in [6.07, 6.45) is 6.51. The van der Waals surface area contributed by atoms with Crippen molar-refractivity contribution in [3.63, 3.8) is 0 Å². The van der Waals surface area contributed by atoms with Gasteiger partial charge in [-0.25, -0.2) is 0 Å². The third-order valence-electron chi connectivity index (χ3n) is 1.90. The summed E-state index contributed by atoms with van der Waals surface area (Å²) in [6, 6.07) is 0. The second kappa shape index (κ2) is 3.58. The maximum atomic E-state index is 9.47. The van der Waals surface area contributed by atoms with Gasteiger partial charge in [-0.05, 0) is 24.3 Å². The van der Waals surface area contributed by atoms with Gasteiger partial charge in [-0.1, -0.05) is 13.0 Å². The molecule has 0 bridgehead atoms. The second-order valence-corrected chi connectivity index (χ2v) is 2.92. The van der Waals surface area contributed by atoms with E-state index in [1.807, 2.05) is 32.3 Å². The van der Waals surface area contributed by atoms with E-state index in [1.165, 1.54) is 0 Å². The van der Waals surface area contributed by atoms with Gasteiger partial charge in [-0.15, -0.1) is 0 Å². The van der Waals surface area contributed by atoms with Crippen molar-refractivity contribution in [2.75, 3.05) is 13.6 Å². The van der Waals surface area contributed by atoms with Gasteiger partial charge in [0.25, 0.3) is 0 Å². The highest BCUT2D eigenvalue weighted by atomic mass is 16.3. The van der Waals surface area contributed by atoms with Crippen LogP contribution in [0.3, 0.4) is 0 Å². The van der Waals surface area contributed by atoms with Crippen molar-refractivity contribution >= 4 is 0 Å². The smallest absolute Gasteiger partial charge is 0.0767 e. The highest BCUT2D eigenvalue weighted by Crippen LogP contribution is 2.11. The summed E-state index contributed by atoms with van der Waals surface area (Å²) >= 11 is 0. The second-order valence-electron chi connectivity index (χ2n) is 2.92. The molecule has 0 amide bonds. The van der Waals surface area contributed by atoms with E-state index in [1.54, 1.807) is 0 Å². The number of hydrogen-bond acceptors (Lipinski definition) is 2. The first-order valence-corrected chi connectivity index (χ1v) is 3.99. The molecule has 0 aromatic heterocycles. The van der Waals surface area contributed by atoms with Crippen molar-refractivity contribution < 1.29 is 5.11 Å². The number of aliphatic hydroxyl groups is 1. The molecule has 1 heterocycles. The molecule has 0 fully saturated rings. The predicted octanol–water partition coefficient (Wildman–Crippen LogP) is 1.14. The Kier molecular flexibility index (Phi) is 2.71. The average molecular weight is 153 g/mol. The van der Waals surface area contributed by atoms with Crippen molar-refractivity contribution in [2.24, 2.45) is 0 Å². The summed E-state index contributed by atoms with van der Waals surface area (Å²) in [5.41, 5.74) is 1.11. The third-order valence-corrected chi connectivity index (χ3v) is 1.90. The lowest BCUT2D eigenvalue weighted by Gasteiger charge is -2.22. The van der Waals surface area contributed by atoms with Crippen LogP contribution in [-0.4, -0.2) is 29.7 Å². The van der Waals surface area contributed by atoms with Gasteiger partial charge >= 0.3 is 0 Å². The van der Waals surface area contributed by atoms with Crippen LogP contribution in [0.15, 0.2) is 23.9 Å². The van der Waals surface area contributed by atoms with Crippen LogP contribution < -0.4 is 0 Å². The Labute approximate surface area is 67.8 Å². The fourth-order valence-electron chi connectivity index (χ4n) is 1.19. The van der Waals surface area contributed by atoms with Crippen LogP contribution in [0.1, 0.15) is 13.3 Å². The van der Waals surface area contributed by atoms with Crippen molar-refractivity contribution in [3.8, 4) is 0 Å². The molecular weight excluding hydrogens is 138 g/mol. The van der Waals surface area contributed by atoms with Crippen LogP contribution >= 0.6 is 0 Å². The molecule has 0 aliphatic carbocycles. The van der Waals surface area contributed by atoms with Gasteiger partial charge < -0.3 is 10.0 Å². The summed E-state index contributed by atoms with van der Waals surface area (Å²) in [6.45, 7) is 2.84. The average Bonchev–Trinajstić information content (AvgIpc) is 2.03. The van der Waals surface area contributed by atoms with E-state index in [0.29, 0.717) is 0 Å². The molecule has 1 unspecified atom stereocenters. The summed E-state index contributed by atoms with van der Waals surface area (Å²) < 4.78 is 0. The van der Waals surface area contributed by atoms with Gasteiger partial charge in [0.15, 0.2) is 0 Å². The van der Waals surface area contributed by atoms with Gasteiger partial charge in [0.05, 0.1) is 6.10 Å². The molecule has 1 atom stereocenters. The minimum absolute atomic E-state index is 0.262. The maximum Gasteiger partial charge on any atom is 0.0767 e. The Morgan fingerprint density at radius 1 is 1.73 bits per heavy atom. The standard InChI is InChI=1S/C9H15NO/c1-3-9(11)8-5-4-6-10(2)7-8/h4-6,9,11H,3,7H2,1-2H3. The number of aliphatic hydroxyl groups excluding tert-OH is 1. The largest absolute Gasteiger partial charge is 0.389 e. The zero-order valence-electron chi connectivity index (χ0n) is 7.12. The number of hydrogen-bond donors (Lipinski definition) is 1. The van der Waals surface area contributed by atoms with E-state index in [9.17, 15) is 5.11 Å². The summed E-state index contributed by atoms with van der Waals surface area (Å²) in [4.78, 5) is 2.06. The summed E-state index contributed by atoms with van der Waals surface area (Å²) in [5, 5.41) is 9.47. The van der Waals surface area contributed by atoms with Crippen LogP contribution in [0.25, 0.3) is 0 Å². The molecule has 2 heteroatoms. The lowest BCUT2D eigenvalue weighted by molar-refractivity contribution is 0.197. The van der Waals surface area contributed by atoms with Crippen molar-refractivity contribution in [1.29, 1.82) is 0 Å². The van der Waals surface area contributed by atoms with Gasteiger partial charge in [0.1, 0.15) is 0 Å². The predicted molar refractivity (Wildman–Crippen MR) is 46.2 cm³/mol. The van der Waals surface area contributed by atoms with Gasteiger partial charge in [0, 0.05) is 13.6 Å². The molecule has 11 heavy (non-hydrogen) atoms. The minimum Gasteiger partial charge on any atom is -0.389 e. The topological polar surface area (TPSA) is 23.5 Å². The molecule has 0 saturated heterocycles. The first kappa shape index (κ1) is 8.34. The van der Waals surface area contributed by atoms with Crippen LogP contribution in [0, 0.1) is 0 Å². The zero-order chi connectivity index (χ0) is 8.27. The van der Waals surface area contributed by atoms with E-state index >= 15 is 0 Å². The summed E-state index contributed by atoms with van der Waals surface area (Å²) in [7, 11) is 2.01. The fourth-order valence-corrected chi connectivity index (χ4v) is 1.19. The van der Waals surface area contributed by atoms with Crippen LogP contribution in [0.4, 0.5) is 0 Å². The molecular formula is C9H15NO. The van der Waals surface area contributed by atoms with Gasteiger partial charge in [0.2, 0.25) is 0 Å². The molecule has 0 radical (unpaired) electrons. The van der Waals surface area contributed by atoms with Crippen molar-refractivity contribution in [3.05, 3.63) is 23.9 Å². The van der Waals surface area contributed by atoms with E-state index in [0.717, 1.165) is 18.5 Å². The van der Waals surface area contributed by atoms with Crippen molar-refractivity contribution in [1.82, 2.24) is 4.90 Å². The number of likely N-dealkylation sites (N-methyl/N-ethyl adjacent to an activating group) is 1. The Morgan fingerprint density at radius 2 is 2.45 bits per heavy atom. The Morgan fingerprint density at radius 3 is 3.00 bits per heavy atom. The number of rotatable bonds is 2. The molecule has 0 saturated carbocycles. The Balaban J connectivity index is 2.58. The van der Waals surface area contributed by atoms with E-state index in [-0.39, 0.29) is 6.10 Å². The maximum absolute atomic E-state index is 9.47. The van der Waals surface area contributed by atoms with E-state index < -0.39 is 0 Å². The monoisotopic (exact) mass is 153 g/mol. The Bertz CT molecular complexity index is 184. The first-order valence-electron chi connectivity index (χ1n) is 3.99. The minimum atomic E-state index is -0.262. The molecule has 0 aromatic carbocycles. The lowest BCUT2D eigenvalue weighted by Crippen LogP contribution is -2.23. The first-order chi connectivity index (χ1) is 5.24. The number of allylic oxidation sites excluding steroid dienone is 2. The molecule has 62 valence electrons. The quantitative estimate of drug-likeness (QED) is 0.643. The SMILES string of the molecule is CCC(O)C1=CC=CN(C)C1. The normalized spacial score (nSPS) is 19.9. The highest BCUT2D eigenvalue weighted by molar-refractivity contribution is 5.21. The molecule has 0 spiro atoms. The van der Waals surface area contributed by atoms with Crippen LogP contribution in [0.2, 0.25) is 0 Å². The fraction of sp³-hybridized carbons (Fsp3) is 0.556. The van der Waals surface area contributed by atoms with Gasteiger partial charge in [-0.2, -0.15) is 0 Å². The molecule has 0 aromatic rings. The molecule has 1 aliphatic heterocycles. The Hall–Kier alpha value is -0.760. The summed E-state index contributed by atoms with van der Waals surface area (Å²) in [5.74, 6) is 0.